The van der Waals surface area contributed by atoms with Gasteiger partial charge in [0.25, 0.3) is 0 Å². The Morgan fingerprint density at radius 1 is 1.26 bits per heavy atom. The number of halogens is 2. The molecule has 1 aromatic carbocycles. The van der Waals surface area contributed by atoms with Crippen molar-refractivity contribution in [3.63, 3.8) is 0 Å². The first-order valence-electron chi connectivity index (χ1n) is 8.61. The molecule has 0 atom stereocenters. The average Bonchev–Trinajstić information content (AvgIpc) is 3.23. The number of nitrogens with zero attached hydrogens (tertiary/aromatic N) is 4. The molecule has 0 amide bonds. The Hall–Kier alpha value is -2.55. The zero-order valence-electron chi connectivity index (χ0n) is 14.7. The number of pyridine rings is 1. The molecule has 5 nitrogen and oxygen atoms in total. The Kier molecular flexibility index (Phi) is 5.02. The lowest BCUT2D eigenvalue weighted by Gasteiger charge is -2.04. The van der Waals surface area contributed by atoms with Crippen LogP contribution in [0.15, 0.2) is 53.8 Å². The molecule has 4 aromatic rings. The first-order valence-corrected chi connectivity index (χ1v) is 9.69. The predicted octanol–water partition coefficient (Wildman–Crippen LogP) is 4.86. The zero-order valence-corrected chi connectivity index (χ0v) is 16.8. The third-order valence-corrected chi connectivity index (χ3v) is 5.48. The molecule has 0 aliphatic carbocycles. The van der Waals surface area contributed by atoms with Gasteiger partial charge in [0, 0.05) is 37.0 Å². The second-order valence-corrected chi connectivity index (χ2v) is 7.18. The van der Waals surface area contributed by atoms with Gasteiger partial charge in [-0.05, 0) is 64.9 Å². The molecule has 0 saturated heterocycles. The van der Waals surface area contributed by atoms with E-state index in [0.29, 0.717) is 5.82 Å². The van der Waals surface area contributed by atoms with E-state index in [2.05, 4.69) is 55.6 Å². The van der Waals surface area contributed by atoms with Crippen molar-refractivity contribution in [1.29, 1.82) is 0 Å². The zero-order chi connectivity index (χ0) is 18.8. The molecule has 0 unspecified atom stereocenters. The Balaban J connectivity index is 1.66. The van der Waals surface area contributed by atoms with Crippen molar-refractivity contribution in [1.82, 2.24) is 19.7 Å². The molecule has 7 heteroatoms. The summed E-state index contributed by atoms with van der Waals surface area (Å²) in [5.41, 5.74) is 4.02. The van der Waals surface area contributed by atoms with Crippen LogP contribution in [0.2, 0.25) is 0 Å². The van der Waals surface area contributed by atoms with Gasteiger partial charge in [-0.2, -0.15) is 5.10 Å². The summed E-state index contributed by atoms with van der Waals surface area (Å²) in [4.78, 5) is 12.1. The normalized spacial score (nSPS) is 11.7. The molecule has 3 aromatic heterocycles. The summed E-state index contributed by atoms with van der Waals surface area (Å²) in [5, 5.41) is 5.75. The van der Waals surface area contributed by atoms with Crippen molar-refractivity contribution in [2.45, 2.75) is 19.9 Å². The van der Waals surface area contributed by atoms with E-state index in [0.717, 1.165) is 38.8 Å². The van der Waals surface area contributed by atoms with E-state index in [1.807, 2.05) is 16.9 Å². The number of benzene rings is 1. The van der Waals surface area contributed by atoms with E-state index in [9.17, 15) is 4.39 Å². The van der Waals surface area contributed by atoms with Gasteiger partial charge in [0.15, 0.2) is 5.82 Å². The monoisotopic (exact) mass is 473 g/mol. The summed E-state index contributed by atoms with van der Waals surface area (Å²) in [6.07, 6.45) is 6.24. The smallest absolute Gasteiger partial charge is 0.187 e. The van der Waals surface area contributed by atoms with Crippen molar-refractivity contribution in [3.8, 4) is 0 Å². The molecular weight excluding hydrogens is 456 g/mol. The molecule has 0 aliphatic heterocycles. The number of fused-ring (bicyclic) bond motifs is 1. The number of aromatic nitrogens is 4. The fourth-order valence-electron chi connectivity index (χ4n) is 3.00. The lowest BCUT2D eigenvalue weighted by Crippen LogP contribution is -2.04. The maximum Gasteiger partial charge on any atom is 0.187 e. The van der Waals surface area contributed by atoms with Crippen LogP contribution in [-0.2, 0) is 13.0 Å². The van der Waals surface area contributed by atoms with Gasteiger partial charge in [0.1, 0.15) is 11.5 Å². The largest absolute Gasteiger partial charge is 0.346 e. The van der Waals surface area contributed by atoms with Gasteiger partial charge in [-0.1, -0.05) is 12.1 Å². The minimum Gasteiger partial charge on any atom is -0.346 e. The van der Waals surface area contributed by atoms with E-state index in [4.69, 9.17) is 0 Å². The van der Waals surface area contributed by atoms with Crippen LogP contribution in [0.5, 0.6) is 0 Å². The van der Waals surface area contributed by atoms with Crippen LogP contribution in [0.4, 0.5) is 10.2 Å². The second kappa shape index (κ2) is 7.59. The van der Waals surface area contributed by atoms with Crippen LogP contribution in [0, 0.1) is 9.39 Å². The van der Waals surface area contributed by atoms with Gasteiger partial charge in [-0.15, -0.1) is 0 Å². The summed E-state index contributed by atoms with van der Waals surface area (Å²) < 4.78 is 16.0. The first kappa shape index (κ1) is 17.8. The van der Waals surface area contributed by atoms with E-state index >= 15 is 0 Å². The number of aryl methyl sites for hydroxylation is 1. The molecule has 136 valence electrons. The second-order valence-electron chi connectivity index (χ2n) is 6.10. The molecule has 27 heavy (non-hydrogen) atoms. The fourth-order valence-corrected chi connectivity index (χ4v) is 3.71. The van der Waals surface area contributed by atoms with Crippen molar-refractivity contribution in [3.05, 3.63) is 75.0 Å². The molecule has 0 fully saturated rings. The maximum atomic E-state index is 13.0. The highest BCUT2D eigenvalue weighted by molar-refractivity contribution is 14.1. The van der Waals surface area contributed by atoms with Crippen LogP contribution in [0.1, 0.15) is 23.7 Å². The summed E-state index contributed by atoms with van der Waals surface area (Å²) in [7, 11) is 0. The highest BCUT2D eigenvalue weighted by Crippen LogP contribution is 2.28. The Morgan fingerprint density at radius 2 is 2.07 bits per heavy atom. The third kappa shape index (κ3) is 3.64. The first-order chi connectivity index (χ1) is 13.2. The lowest BCUT2D eigenvalue weighted by molar-refractivity contribution is 0.628. The van der Waals surface area contributed by atoms with Crippen LogP contribution in [0.3, 0.4) is 0 Å². The highest BCUT2D eigenvalue weighted by Gasteiger charge is 2.16. The van der Waals surface area contributed by atoms with Crippen molar-refractivity contribution in [2.24, 2.45) is 4.99 Å². The van der Waals surface area contributed by atoms with Gasteiger partial charge in [0.2, 0.25) is 0 Å². The number of aromatic amines is 1. The van der Waals surface area contributed by atoms with E-state index < -0.39 is 0 Å². The van der Waals surface area contributed by atoms with Crippen LogP contribution in [0.25, 0.3) is 11.0 Å². The molecule has 0 bridgehead atoms. The number of rotatable bonds is 5. The van der Waals surface area contributed by atoms with Crippen molar-refractivity contribution < 1.29 is 4.39 Å². The van der Waals surface area contributed by atoms with E-state index in [1.165, 1.54) is 17.7 Å². The van der Waals surface area contributed by atoms with Gasteiger partial charge >= 0.3 is 0 Å². The van der Waals surface area contributed by atoms with Crippen molar-refractivity contribution >= 4 is 45.7 Å². The molecular formula is C20H17FIN5. The minimum atomic E-state index is -0.257. The van der Waals surface area contributed by atoms with Crippen LogP contribution in [-0.4, -0.2) is 26.0 Å². The van der Waals surface area contributed by atoms with E-state index in [-0.39, 0.29) is 5.82 Å². The lowest BCUT2D eigenvalue weighted by atomic mass is 10.1. The van der Waals surface area contributed by atoms with Crippen LogP contribution >= 0.6 is 22.6 Å². The number of hydrogen-bond donors (Lipinski definition) is 1. The number of aliphatic imine (C=N–C) groups is 1. The summed E-state index contributed by atoms with van der Waals surface area (Å²) >= 11 is 2.30. The predicted molar refractivity (Wildman–Crippen MR) is 113 cm³/mol. The van der Waals surface area contributed by atoms with Crippen LogP contribution < -0.4 is 0 Å². The quantitative estimate of drug-likeness (QED) is 0.333. The summed E-state index contributed by atoms with van der Waals surface area (Å²) in [6, 6.07) is 10.3. The SMILES string of the molecule is CCn1nc(/N=C/c2ccc(F)cc2)c(I)c1Cc1c[nH]c2ncccc12. The fraction of sp³-hybridized carbons (Fsp3) is 0.150. The summed E-state index contributed by atoms with van der Waals surface area (Å²) in [6.45, 7) is 2.83. The molecule has 4 rings (SSSR count). The van der Waals surface area contributed by atoms with Gasteiger partial charge in [0.05, 0.1) is 9.26 Å². The Labute approximate surface area is 169 Å². The number of hydrogen-bond acceptors (Lipinski definition) is 3. The molecule has 0 aliphatic rings. The Bertz CT molecular complexity index is 1110. The molecule has 0 saturated carbocycles. The van der Waals surface area contributed by atoms with E-state index in [1.54, 1.807) is 24.5 Å². The summed E-state index contributed by atoms with van der Waals surface area (Å²) in [5.74, 6) is 0.419. The molecule has 1 N–H and O–H groups in total. The highest BCUT2D eigenvalue weighted by atomic mass is 127. The standard InChI is InChI=1S/C20H17FIN5/c1-2-27-17(10-14-12-25-19-16(14)4-3-9-23-19)18(22)20(26-27)24-11-13-5-7-15(21)8-6-13/h3-9,11-12H,2,10H2,1H3,(H,23,25)/b24-11+. The molecule has 0 radical (unpaired) electrons. The average molecular weight is 473 g/mol. The number of nitrogens with one attached hydrogen (secondary N) is 1. The van der Waals surface area contributed by atoms with Gasteiger partial charge in [-0.25, -0.2) is 14.4 Å². The Morgan fingerprint density at radius 3 is 2.85 bits per heavy atom. The van der Waals surface area contributed by atoms with Crippen molar-refractivity contribution in [2.75, 3.05) is 0 Å². The molecule has 3 heterocycles. The maximum absolute atomic E-state index is 13.0. The molecule has 0 spiro atoms. The third-order valence-electron chi connectivity index (χ3n) is 4.38. The van der Waals surface area contributed by atoms with Gasteiger partial charge in [-0.3, -0.25) is 4.68 Å². The minimum absolute atomic E-state index is 0.257. The topological polar surface area (TPSA) is 58.9 Å². The number of H-pyrrole nitrogens is 1. The van der Waals surface area contributed by atoms with Gasteiger partial charge < -0.3 is 4.98 Å².